The molecular formula is C16H10Br2O5. The van der Waals surface area contributed by atoms with Crippen molar-refractivity contribution < 1.29 is 23.5 Å². The minimum absolute atomic E-state index is 0.278. The van der Waals surface area contributed by atoms with Crippen LogP contribution in [0.1, 0.15) is 20.7 Å². The topological polar surface area (TPSA) is 65.7 Å². The van der Waals surface area contributed by atoms with Gasteiger partial charge in [0, 0.05) is 19.7 Å². The Labute approximate surface area is 147 Å². The Morgan fingerprint density at radius 3 is 1.57 bits per heavy atom. The lowest BCUT2D eigenvalue weighted by Crippen LogP contribution is -2.01. The second-order valence-electron chi connectivity index (χ2n) is 4.75. The summed E-state index contributed by atoms with van der Waals surface area (Å²) in [5.41, 5.74) is 1.27. The van der Waals surface area contributed by atoms with Crippen molar-refractivity contribution in [3.8, 4) is 0 Å². The third-order valence-corrected chi connectivity index (χ3v) is 4.33. The van der Waals surface area contributed by atoms with Crippen LogP contribution in [0.2, 0.25) is 0 Å². The molecule has 0 fully saturated rings. The van der Waals surface area contributed by atoms with Gasteiger partial charge < -0.3 is 13.9 Å². The molecule has 5 nitrogen and oxygen atoms in total. The Kier molecular flexibility index (Phi) is 4.16. The average Bonchev–Trinajstić information content (AvgIpc) is 2.90. The molecule has 3 aromatic rings. The largest absolute Gasteiger partial charge is 0.465 e. The first-order valence-electron chi connectivity index (χ1n) is 6.48. The molecule has 0 radical (unpaired) electrons. The predicted molar refractivity (Wildman–Crippen MR) is 91.8 cm³/mol. The third kappa shape index (κ3) is 2.64. The lowest BCUT2D eigenvalue weighted by atomic mass is 10.1. The van der Waals surface area contributed by atoms with Crippen molar-refractivity contribution in [1.82, 2.24) is 0 Å². The summed E-state index contributed by atoms with van der Waals surface area (Å²) in [6.07, 6.45) is 0. The van der Waals surface area contributed by atoms with E-state index in [9.17, 15) is 9.59 Å². The van der Waals surface area contributed by atoms with Gasteiger partial charge in [-0.2, -0.15) is 0 Å². The molecule has 118 valence electrons. The molecule has 0 aliphatic heterocycles. The highest BCUT2D eigenvalue weighted by Crippen LogP contribution is 2.37. The van der Waals surface area contributed by atoms with Crippen LogP contribution in [0.25, 0.3) is 21.9 Å². The number of hydrogen-bond acceptors (Lipinski definition) is 5. The molecule has 0 spiro atoms. The van der Waals surface area contributed by atoms with Crippen LogP contribution in [0.15, 0.2) is 37.6 Å². The molecule has 0 aliphatic rings. The molecule has 0 bridgehead atoms. The van der Waals surface area contributed by atoms with Crippen molar-refractivity contribution in [2.75, 3.05) is 14.2 Å². The minimum Gasteiger partial charge on any atom is -0.465 e. The summed E-state index contributed by atoms with van der Waals surface area (Å²) in [4.78, 5) is 24.0. The Morgan fingerprint density at radius 1 is 0.826 bits per heavy atom. The second kappa shape index (κ2) is 5.98. The van der Waals surface area contributed by atoms with E-state index in [2.05, 4.69) is 31.9 Å². The molecule has 0 saturated carbocycles. The Balaban J connectivity index is 2.47. The van der Waals surface area contributed by atoms with Gasteiger partial charge >= 0.3 is 11.9 Å². The number of benzene rings is 2. The van der Waals surface area contributed by atoms with Crippen LogP contribution < -0.4 is 0 Å². The quantitative estimate of drug-likeness (QED) is 0.540. The zero-order chi connectivity index (χ0) is 16.7. The summed E-state index contributed by atoms with van der Waals surface area (Å²) >= 11 is 6.76. The highest BCUT2D eigenvalue weighted by Gasteiger charge is 2.22. The van der Waals surface area contributed by atoms with Gasteiger partial charge in [0.25, 0.3) is 0 Å². The van der Waals surface area contributed by atoms with Crippen LogP contribution >= 0.6 is 31.9 Å². The normalized spacial score (nSPS) is 11.0. The number of esters is 2. The molecule has 1 aromatic heterocycles. The number of carbonyl (C=O) groups excluding carboxylic acids is 2. The van der Waals surface area contributed by atoms with Gasteiger partial charge in [0.2, 0.25) is 0 Å². The van der Waals surface area contributed by atoms with Crippen LogP contribution in [-0.2, 0) is 9.47 Å². The van der Waals surface area contributed by atoms with E-state index in [0.29, 0.717) is 30.9 Å². The van der Waals surface area contributed by atoms with Gasteiger partial charge in [0.15, 0.2) is 0 Å². The van der Waals surface area contributed by atoms with Crippen LogP contribution in [0.4, 0.5) is 0 Å². The predicted octanol–water partition coefficient (Wildman–Crippen LogP) is 4.68. The molecule has 0 unspecified atom stereocenters. The van der Waals surface area contributed by atoms with Gasteiger partial charge in [-0.05, 0) is 24.3 Å². The van der Waals surface area contributed by atoms with Crippen molar-refractivity contribution in [1.29, 1.82) is 0 Å². The highest BCUT2D eigenvalue weighted by molar-refractivity contribution is 9.10. The first-order chi connectivity index (χ1) is 11.0. The van der Waals surface area contributed by atoms with E-state index in [4.69, 9.17) is 13.9 Å². The Bertz CT molecular complexity index is 882. The highest BCUT2D eigenvalue weighted by atomic mass is 79.9. The lowest BCUT2D eigenvalue weighted by molar-refractivity contribution is 0.0594. The molecule has 0 amide bonds. The van der Waals surface area contributed by atoms with E-state index in [0.717, 1.165) is 0 Å². The maximum absolute atomic E-state index is 12.0. The fourth-order valence-corrected chi connectivity index (χ4v) is 3.35. The zero-order valence-electron chi connectivity index (χ0n) is 12.1. The number of halogens is 2. The Morgan fingerprint density at radius 2 is 1.22 bits per heavy atom. The van der Waals surface area contributed by atoms with Gasteiger partial charge in [0.1, 0.15) is 22.3 Å². The maximum atomic E-state index is 12.0. The number of furan rings is 1. The number of rotatable bonds is 2. The van der Waals surface area contributed by atoms with Crippen LogP contribution in [0, 0.1) is 0 Å². The molecule has 0 aliphatic carbocycles. The molecule has 0 atom stereocenters. The van der Waals surface area contributed by atoms with Gasteiger partial charge in [-0.15, -0.1) is 0 Å². The average molecular weight is 442 g/mol. The summed E-state index contributed by atoms with van der Waals surface area (Å²) in [7, 11) is 2.60. The van der Waals surface area contributed by atoms with Gasteiger partial charge in [-0.1, -0.05) is 31.9 Å². The minimum atomic E-state index is -0.519. The van der Waals surface area contributed by atoms with E-state index in [-0.39, 0.29) is 11.1 Å². The van der Waals surface area contributed by atoms with Crippen molar-refractivity contribution in [2.24, 2.45) is 0 Å². The van der Waals surface area contributed by atoms with Crippen molar-refractivity contribution in [3.05, 3.63) is 44.3 Å². The molecule has 0 saturated heterocycles. The van der Waals surface area contributed by atoms with E-state index in [1.165, 1.54) is 14.2 Å². The van der Waals surface area contributed by atoms with E-state index < -0.39 is 11.9 Å². The van der Waals surface area contributed by atoms with Gasteiger partial charge in [-0.25, -0.2) is 9.59 Å². The van der Waals surface area contributed by atoms with Crippen molar-refractivity contribution >= 4 is 65.7 Å². The van der Waals surface area contributed by atoms with Crippen molar-refractivity contribution in [3.63, 3.8) is 0 Å². The number of hydrogen-bond donors (Lipinski definition) is 0. The number of carbonyl (C=O) groups is 2. The molecule has 0 N–H and O–H groups in total. The van der Waals surface area contributed by atoms with Gasteiger partial charge in [-0.3, -0.25) is 0 Å². The molecular weight excluding hydrogens is 432 g/mol. The summed E-state index contributed by atoms with van der Waals surface area (Å²) in [6.45, 7) is 0. The summed E-state index contributed by atoms with van der Waals surface area (Å²) in [5, 5.41) is 1.39. The van der Waals surface area contributed by atoms with Crippen molar-refractivity contribution in [2.45, 2.75) is 0 Å². The summed E-state index contributed by atoms with van der Waals surface area (Å²) in [6, 6.07) is 6.87. The van der Waals surface area contributed by atoms with Crippen LogP contribution in [-0.4, -0.2) is 26.2 Å². The smallest absolute Gasteiger partial charge is 0.341 e. The molecule has 1 heterocycles. The molecule has 23 heavy (non-hydrogen) atoms. The first kappa shape index (κ1) is 16.0. The van der Waals surface area contributed by atoms with E-state index in [1.54, 1.807) is 12.1 Å². The third-order valence-electron chi connectivity index (χ3n) is 3.41. The molecule has 3 rings (SSSR count). The maximum Gasteiger partial charge on any atom is 0.341 e. The zero-order valence-corrected chi connectivity index (χ0v) is 15.3. The fourth-order valence-electron chi connectivity index (χ4n) is 2.43. The summed E-state index contributed by atoms with van der Waals surface area (Å²) < 4.78 is 16.8. The van der Waals surface area contributed by atoms with Crippen LogP contribution in [0.3, 0.4) is 0 Å². The molecule has 2 aromatic carbocycles. The van der Waals surface area contributed by atoms with E-state index in [1.807, 2.05) is 12.1 Å². The monoisotopic (exact) mass is 440 g/mol. The second-order valence-corrected chi connectivity index (χ2v) is 6.58. The Hall–Kier alpha value is -1.86. The number of methoxy groups -OCH3 is 2. The summed E-state index contributed by atoms with van der Waals surface area (Å²) in [5.74, 6) is -1.04. The number of fused-ring (bicyclic) bond motifs is 3. The van der Waals surface area contributed by atoms with E-state index >= 15 is 0 Å². The number of ether oxygens (including phenoxy) is 2. The van der Waals surface area contributed by atoms with Crippen LogP contribution in [0.5, 0.6) is 0 Å². The standard InChI is InChI=1S/C16H10Br2O5/c1-21-15(19)11-5-7(17)3-9-10-4-8(18)6-12(16(20)22-2)14(10)23-13(9)11/h3-6H,1-2H3. The van der Waals surface area contributed by atoms with Gasteiger partial charge in [0.05, 0.1) is 14.2 Å². The molecule has 7 heteroatoms. The first-order valence-corrected chi connectivity index (χ1v) is 8.06. The SMILES string of the molecule is COC(=O)c1cc(Br)cc2c1oc1c(C(=O)OC)cc(Br)cc12. The fraction of sp³-hybridized carbons (Fsp3) is 0.125. The lowest BCUT2D eigenvalue weighted by Gasteiger charge is -2.01.